The number of hydrogen-bond donors (Lipinski definition) is 7. The number of carbonyl (C=O) groups excluding carboxylic acids is 1. The van der Waals surface area contributed by atoms with Crippen molar-refractivity contribution in [1.82, 2.24) is 0 Å². The number of hydrogen-bond acceptors (Lipinski definition) is 12. The summed E-state index contributed by atoms with van der Waals surface area (Å²) in [5.41, 5.74) is 0.219. The summed E-state index contributed by atoms with van der Waals surface area (Å²) < 4.78 is 22.1. The van der Waals surface area contributed by atoms with E-state index in [-0.39, 0.29) is 24.4 Å². The zero-order chi connectivity index (χ0) is 28.0. The third kappa shape index (κ3) is 6.51. The molecule has 0 unspecified atom stereocenters. The van der Waals surface area contributed by atoms with Gasteiger partial charge in [0.05, 0.1) is 18.4 Å². The topological polar surface area (TPSA) is 213 Å². The summed E-state index contributed by atoms with van der Waals surface area (Å²) in [6, 6.07) is 3.82. The van der Waals surface area contributed by atoms with Crippen molar-refractivity contribution >= 4 is 18.0 Å². The van der Waals surface area contributed by atoms with Gasteiger partial charge in [-0.25, -0.2) is 9.59 Å². The van der Waals surface area contributed by atoms with Crippen molar-refractivity contribution in [1.29, 1.82) is 0 Å². The van der Waals surface area contributed by atoms with E-state index in [4.69, 9.17) is 18.9 Å². The summed E-state index contributed by atoms with van der Waals surface area (Å²) in [6.07, 6.45) is -4.59. The zero-order valence-electron chi connectivity index (χ0n) is 20.1. The molecule has 13 nitrogen and oxygen atoms in total. The minimum atomic E-state index is -1.76. The van der Waals surface area contributed by atoms with Gasteiger partial charge in [0.1, 0.15) is 18.3 Å². The van der Waals surface area contributed by atoms with Crippen LogP contribution < -0.4 is 0 Å². The summed E-state index contributed by atoms with van der Waals surface area (Å²) in [5.74, 6) is -4.59. The maximum Gasteiger partial charge on any atom is 0.334 e. The number of phenolic OH excluding ortho intramolecular Hbond substituents is 2. The second-order valence-corrected chi connectivity index (χ2v) is 8.64. The Morgan fingerprint density at radius 2 is 1.82 bits per heavy atom. The number of aliphatic carboxylic acids is 1. The van der Waals surface area contributed by atoms with Gasteiger partial charge >= 0.3 is 11.9 Å². The van der Waals surface area contributed by atoms with Crippen molar-refractivity contribution in [2.75, 3.05) is 13.2 Å². The molecule has 0 radical (unpaired) electrons. The van der Waals surface area contributed by atoms with Crippen LogP contribution in [0.2, 0.25) is 0 Å². The largest absolute Gasteiger partial charge is 0.504 e. The molecule has 2 aliphatic rings. The van der Waals surface area contributed by atoms with Crippen LogP contribution in [0.5, 0.6) is 11.5 Å². The molecule has 0 bridgehead atoms. The highest BCUT2D eigenvalue weighted by Crippen LogP contribution is 2.37. The average Bonchev–Trinajstić information content (AvgIpc) is 2.89. The quantitative estimate of drug-likeness (QED) is 0.0876. The van der Waals surface area contributed by atoms with Crippen LogP contribution >= 0.6 is 0 Å². The minimum absolute atomic E-state index is 0.0419. The van der Waals surface area contributed by atoms with Crippen molar-refractivity contribution in [3.63, 3.8) is 0 Å². The summed E-state index contributed by atoms with van der Waals surface area (Å²) in [7, 11) is 0. The number of esters is 1. The highest BCUT2D eigenvalue weighted by Gasteiger charge is 2.49. The Morgan fingerprint density at radius 1 is 1.08 bits per heavy atom. The van der Waals surface area contributed by atoms with Gasteiger partial charge in [0.15, 0.2) is 17.6 Å². The Morgan fingerprint density at radius 3 is 2.42 bits per heavy atom. The van der Waals surface area contributed by atoms with Crippen LogP contribution in [0.25, 0.3) is 6.08 Å². The van der Waals surface area contributed by atoms with Gasteiger partial charge in [-0.15, -0.1) is 6.58 Å². The van der Waals surface area contributed by atoms with E-state index in [0.29, 0.717) is 5.56 Å². The van der Waals surface area contributed by atoms with Crippen LogP contribution in [0, 0.1) is 11.8 Å². The predicted molar refractivity (Wildman–Crippen MR) is 127 cm³/mol. The van der Waals surface area contributed by atoms with Gasteiger partial charge in [0, 0.05) is 24.5 Å². The van der Waals surface area contributed by atoms with E-state index in [9.17, 15) is 45.3 Å². The number of aliphatic hydroxyl groups excluding tert-OH is 4. The Hall–Kier alpha value is -3.46. The molecule has 13 heteroatoms. The molecule has 0 spiro atoms. The van der Waals surface area contributed by atoms with Gasteiger partial charge in [-0.1, -0.05) is 12.1 Å². The monoisotopic (exact) mass is 538 g/mol. The standard InChI is InChI=1S/C25H30O13/c1-2-13-14(7-8-26)15(23(33)34)11-35-24(13)38-25-22(21(32)20(31)18(10-27)36-25)37-19(30)6-4-12-3-5-16(28)17(29)9-12/h2-6,9,11,13-14,18,20-22,24-29,31-32H,1,7-8,10H2,(H,33,34)/b6-4+/t13-,14+,18+,20-,21+,22-,24+,25-/m1/s1. The summed E-state index contributed by atoms with van der Waals surface area (Å²) in [5, 5.41) is 68.4. The van der Waals surface area contributed by atoms with Crippen molar-refractivity contribution in [2.45, 2.75) is 43.4 Å². The molecule has 1 aromatic rings. The van der Waals surface area contributed by atoms with Crippen LogP contribution in [0.4, 0.5) is 0 Å². The van der Waals surface area contributed by atoms with E-state index >= 15 is 0 Å². The lowest BCUT2D eigenvalue weighted by Gasteiger charge is -2.44. The highest BCUT2D eigenvalue weighted by molar-refractivity contribution is 5.87. The zero-order valence-corrected chi connectivity index (χ0v) is 20.1. The number of carbonyl (C=O) groups is 2. The fourth-order valence-corrected chi connectivity index (χ4v) is 4.21. The highest BCUT2D eigenvalue weighted by atomic mass is 16.8. The van der Waals surface area contributed by atoms with Crippen molar-refractivity contribution in [2.24, 2.45) is 11.8 Å². The van der Waals surface area contributed by atoms with E-state index in [1.165, 1.54) is 30.4 Å². The first-order valence-electron chi connectivity index (χ1n) is 11.6. The van der Waals surface area contributed by atoms with Crippen molar-refractivity contribution < 1.29 is 64.3 Å². The van der Waals surface area contributed by atoms with E-state index < -0.39 is 73.1 Å². The fraction of sp³-hybridized carbons (Fsp3) is 0.440. The van der Waals surface area contributed by atoms with Gasteiger partial charge in [0.25, 0.3) is 0 Å². The van der Waals surface area contributed by atoms with Crippen molar-refractivity contribution in [3.8, 4) is 11.5 Å². The lowest BCUT2D eigenvalue weighted by Crippen LogP contribution is -2.61. The molecule has 0 amide bonds. The molecular weight excluding hydrogens is 508 g/mol. The first kappa shape index (κ1) is 29.1. The van der Waals surface area contributed by atoms with Gasteiger partial charge in [-0.05, 0) is 30.2 Å². The molecule has 1 aromatic carbocycles. The van der Waals surface area contributed by atoms with Crippen LogP contribution in [0.15, 0.2) is 48.8 Å². The molecule has 1 saturated heterocycles. The molecule has 2 aliphatic heterocycles. The van der Waals surface area contributed by atoms with Gasteiger partial charge < -0.3 is 54.7 Å². The Labute approximate surface area is 217 Å². The summed E-state index contributed by atoms with van der Waals surface area (Å²) >= 11 is 0. The van der Waals surface area contributed by atoms with Crippen LogP contribution in [0.3, 0.4) is 0 Å². The number of ether oxygens (including phenoxy) is 4. The molecule has 2 heterocycles. The first-order valence-corrected chi connectivity index (χ1v) is 11.6. The second-order valence-electron chi connectivity index (χ2n) is 8.64. The summed E-state index contributed by atoms with van der Waals surface area (Å²) in [6.45, 7) is 2.63. The number of phenols is 2. The first-order chi connectivity index (χ1) is 18.1. The van der Waals surface area contributed by atoms with Crippen LogP contribution in [-0.4, -0.2) is 97.9 Å². The number of aromatic hydroxyl groups is 2. The number of aliphatic hydroxyl groups is 4. The van der Waals surface area contributed by atoms with Gasteiger partial charge in [-0.3, -0.25) is 0 Å². The van der Waals surface area contributed by atoms with E-state index in [1.54, 1.807) is 0 Å². The smallest absolute Gasteiger partial charge is 0.334 e. The van der Waals surface area contributed by atoms with Crippen molar-refractivity contribution in [3.05, 3.63) is 54.3 Å². The van der Waals surface area contributed by atoms with Gasteiger partial charge in [-0.2, -0.15) is 0 Å². The van der Waals surface area contributed by atoms with Crippen LogP contribution in [-0.2, 0) is 28.5 Å². The lowest BCUT2D eigenvalue weighted by atomic mass is 9.82. The fourth-order valence-electron chi connectivity index (χ4n) is 4.21. The Bertz CT molecular complexity index is 1070. The molecular formula is C25H30O13. The minimum Gasteiger partial charge on any atom is -0.504 e. The molecule has 0 saturated carbocycles. The second kappa shape index (κ2) is 12.9. The maximum atomic E-state index is 12.5. The molecule has 38 heavy (non-hydrogen) atoms. The van der Waals surface area contributed by atoms with Gasteiger partial charge in [0.2, 0.25) is 12.6 Å². The molecule has 7 N–H and O–H groups in total. The Kier molecular flexibility index (Phi) is 9.85. The number of benzene rings is 1. The summed E-state index contributed by atoms with van der Waals surface area (Å²) in [4.78, 5) is 24.2. The maximum absolute atomic E-state index is 12.5. The van der Waals surface area contributed by atoms with E-state index in [0.717, 1.165) is 12.3 Å². The van der Waals surface area contributed by atoms with Crippen LogP contribution in [0.1, 0.15) is 12.0 Å². The molecule has 0 aromatic heterocycles. The van der Waals surface area contributed by atoms with E-state index in [1.807, 2.05) is 0 Å². The normalized spacial score (nSPS) is 31.3. The molecule has 3 rings (SSSR count). The van der Waals surface area contributed by atoms with E-state index in [2.05, 4.69) is 6.58 Å². The third-order valence-electron chi connectivity index (χ3n) is 6.22. The molecule has 208 valence electrons. The SMILES string of the molecule is C=C[C@H]1[C@H](O[C@H]2O[C@@H](CO)[C@@H](O)[C@H](O)[C@H]2OC(=O)/C=C/c2ccc(O)c(O)c2)OC=C(C(=O)O)[C@H]1CCO. The average molecular weight is 539 g/mol. The Balaban J connectivity index is 1.82. The third-order valence-corrected chi connectivity index (χ3v) is 6.22. The number of carboxylic acids is 1. The number of rotatable bonds is 10. The molecule has 1 fully saturated rings. The predicted octanol–water partition coefficient (Wildman–Crippen LogP) is -0.396. The number of carboxylic acid groups (broad SMARTS) is 1. The molecule has 0 aliphatic carbocycles. The lowest BCUT2D eigenvalue weighted by molar-refractivity contribution is -0.340. The molecule has 8 atom stereocenters.